The second-order valence-electron chi connectivity index (χ2n) is 4.44. The van der Waals surface area contributed by atoms with E-state index in [0.717, 1.165) is 17.5 Å². The molecule has 0 aromatic heterocycles. The molecule has 2 N–H and O–H groups in total. The lowest BCUT2D eigenvalue weighted by Gasteiger charge is -2.12. The molecule has 0 spiro atoms. The summed E-state index contributed by atoms with van der Waals surface area (Å²) in [6.45, 7) is 0.886. The maximum absolute atomic E-state index is 13.1. The summed E-state index contributed by atoms with van der Waals surface area (Å²) in [5, 5.41) is 0. The Labute approximate surface area is 118 Å². The van der Waals surface area contributed by atoms with Gasteiger partial charge in [-0.05, 0) is 48.4 Å². The SMILES string of the molecule is COc1cc(CCN)ccc1OCc1cccc(F)c1. The van der Waals surface area contributed by atoms with E-state index in [-0.39, 0.29) is 5.82 Å². The van der Waals surface area contributed by atoms with Gasteiger partial charge in [0.1, 0.15) is 12.4 Å². The largest absolute Gasteiger partial charge is 0.493 e. The number of hydrogen-bond donors (Lipinski definition) is 1. The van der Waals surface area contributed by atoms with E-state index in [1.54, 1.807) is 13.2 Å². The zero-order chi connectivity index (χ0) is 14.4. The first-order chi connectivity index (χ1) is 9.72. The monoisotopic (exact) mass is 275 g/mol. The fourth-order valence-electron chi connectivity index (χ4n) is 1.94. The van der Waals surface area contributed by atoms with Crippen LogP contribution in [0.25, 0.3) is 0 Å². The number of halogens is 1. The molecule has 0 radical (unpaired) electrons. The van der Waals surface area contributed by atoms with E-state index >= 15 is 0 Å². The molecule has 0 saturated carbocycles. The Kier molecular flexibility index (Phi) is 4.96. The van der Waals surface area contributed by atoms with Crippen molar-refractivity contribution in [2.75, 3.05) is 13.7 Å². The summed E-state index contributed by atoms with van der Waals surface area (Å²) < 4.78 is 24.1. The highest BCUT2D eigenvalue weighted by Gasteiger charge is 2.06. The molecule has 0 amide bonds. The normalized spacial score (nSPS) is 10.3. The van der Waals surface area contributed by atoms with Crippen LogP contribution < -0.4 is 15.2 Å². The van der Waals surface area contributed by atoms with Gasteiger partial charge in [0.2, 0.25) is 0 Å². The van der Waals surface area contributed by atoms with Crippen LogP contribution in [0.5, 0.6) is 11.5 Å². The van der Waals surface area contributed by atoms with Crippen LogP contribution in [0.15, 0.2) is 42.5 Å². The minimum Gasteiger partial charge on any atom is -0.493 e. The van der Waals surface area contributed by atoms with Gasteiger partial charge in [0.15, 0.2) is 11.5 Å². The molecule has 2 rings (SSSR count). The van der Waals surface area contributed by atoms with Gasteiger partial charge in [-0.3, -0.25) is 0 Å². The summed E-state index contributed by atoms with van der Waals surface area (Å²) in [7, 11) is 1.59. The van der Waals surface area contributed by atoms with Crippen molar-refractivity contribution in [3.05, 3.63) is 59.4 Å². The lowest BCUT2D eigenvalue weighted by molar-refractivity contribution is 0.284. The topological polar surface area (TPSA) is 44.5 Å². The van der Waals surface area contributed by atoms with Crippen molar-refractivity contribution >= 4 is 0 Å². The van der Waals surface area contributed by atoms with E-state index in [4.69, 9.17) is 15.2 Å². The number of rotatable bonds is 6. The molecule has 0 aliphatic heterocycles. The first-order valence-corrected chi connectivity index (χ1v) is 6.47. The Morgan fingerprint density at radius 1 is 1.05 bits per heavy atom. The number of ether oxygens (including phenoxy) is 2. The summed E-state index contributed by atoms with van der Waals surface area (Å²) in [5.74, 6) is 1.03. The van der Waals surface area contributed by atoms with Gasteiger partial charge in [-0.25, -0.2) is 4.39 Å². The summed E-state index contributed by atoms with van der Waals surface area (Å²) in [6.07, 6.45) is 0.792. The van der Waals surface area contributed by atoms with E-state index in [9.17, 15) is 4.39 Å². The molecule has 0 bridgehead atoms. The summed E-state index contributed by atoms with van der Waals surface area (Å²) >= 11 is 0. The molecule has 0 fully saturated rings. The molecule has 2 aromatic carbocycles. The molecule has 0 saturated heterocycles. The van der Waals surface area contributed by atoms with Crippen molar-refractivity contribution in [3.8, 4) is 11.5 Å². The quantitative estimate of drug-likeness (QED) is 0.881. The second-order valence-corrected chi connectivity index (χ2v) is 4.44. The first kappa shape index (κ1) is 14.3. The molecule has 0 aliphatic rings. The Hall–Kier alpha value is -2.07. The predicted octanol–water partition coefficient (Wildman–Crippen LogP) is 2.91. The average Bonchev–Trinajstić information content (AvgIpc) is 2.46. The molecule has 2 aromatic rings. The Morgan fingerprint density at radius 3 is 2.60 bits per heavy atom. The Bertz CT molecular complexity index is 572. The van der Waals surface area contributed by atoms with Crippen molar-refractivity contribution in [1.29, 1.82) is 0 Å². The van der Waals surface area contributed by atoms with Crippen LogP contribution in [0.2, 0.25) is 0 Å². The zero-order valence-electron chi connectivity index (χ0n) is 11.4. The van der Waals surface area contributed by atoms with E-state index in [0.29, 0.717) is 24.7 Å². The molecule has 0 unspecified atom stereocenters. The highest BCUT2D eigenvalue weighted by Crippen LogP contribution is 2.29. The van der Waals surface area contributed by atoms with E-state index in [1.807, 2.05) is 24.3 Å². The first-order valence-electron chi connectivity index (χ1n) is 6.47. The van der Waals surface area contributed by atoms with Crippen LogP contribution >= 0.6 is 0 Å². The highest BCUT2D eigenvalue weighted by molar-refractivity contribution is 5.43. The maximum Gasteiger partial charge on any atom is 0.161 e. The number of hydrogen-bond acceptors (Lipinski definition) is 3. The van der Waals surface area contributed by atoms with Crippen LogP contribution in [0.4, 0.5) is 4.39 Å². The van der Waals surface area contributed by atoms with Crippen molar-refractivity contribution < 1.29 is 13.9 Å². The van der Waals surface area contributed by atoms with E-state index < -0.39 is 0 Å². The van der Waals surface area contributed by atoms with Gasteiger partial charge in [-0.1, -0.05) is 18.2 Å². The van der Waals surface area contributed by atoms with Gasteiger partial charge in [0.05, 0.1) is 7.11 Å². The van der Waals surface area contributed by atoms with Crippen LogP contribution in [0.3, 0.4) is 0 Å². The zero-order valence-corrected chi connectivity index (χ0v) is 11.4. The van der Waals surface area contributed by atoms with Gasteiger partial charge in [-0.15, -0.1) is 0 Å². The van der Waals surface area contributed by atoms with Crippen molar-refractivity contribution in [2.24, 2.45) is 5.73 Å². The standard InChI is InChI=1S/C16H18FNO2/c1-19-16-10-12(7-8-18)5-6-15(16)20-11-13-3-2-4-14(17)9-13/h2-6,9-10H,7-8,11,18H2,1H3. The molecular weight excluding hydrogens is 257 g/mol. The molecule has 20 heavy (non-hydrogen) atoms. The lowest BCUT2D eigenvalue weighted by Crippen LogP contribution is -2.03. The van der Waals surface area contributed by atoms with Gasteiger partial charge in [0, 0.05) is 0 Å². The minimum atomic E-state index is -0.267. The van der Waals surface area contributed by atoms with Crippen LogP contribution in [-0.2, 0) is 13.0 Å². The molecule has 0 aliphatic carbocycles. The van der Waals surface area contributed by atoms with E-state index in [2.05, 4.69) is 0 Å². The molecular formula is C16H18FNO2. The molecule has 106 valence electrons. The van der Waals surface area contributed by atoms with E-state index in [1.165, 1.54) is 12.1 Å². The third kappa shape index (κ3) is 3.71. The lowest BCUT2D eigenvalue weighted by atomic mass is 10.1. The molecule has 0 heterocycles. The third-order valence-electron chi connectivity index (χ3n) is 2.94. The Balaban J connectivity index is 2.09. The summed E-state index contributed by atoms with van der Waals surface area (Å²) in [5.41, 5.74) is 7.41. The van der Waals surface area contributed by atoms with Crippen LogP contribution in [0.1, 0.15) is 11.1 Å². The fraction of sp³-hybridized carbons (Fsp3) is 0.250. The second kappa shape index (κ2) is 6.91. The number of methoxy groups -OCH3 is 1. The predicted molar refractivity (Wildman–Crippen MR) is 76.5 cm³/mol. The number of nitrogens with two attached hydrogens (primary N) is 1. The van der Waals surface area contributed by atoms with Crippen molar-refractivity contribution in [1.82, 2.24) is 0 Å². The van der Waals surface area contributed by atoms with Gasteiger partial charge < -0.3 is 15.2 Å². The van der Waals surface area contributed by atoms with Gasteiger partial charge in [-0.2, -0.15) is 0 Å². The third-order valence-corrected chi connectivity index (χ3v) is 2.94. The maximum atomic E-state index is 13.1. The molecule has 0 atom stereocenters. The van der Waals surface area contributed by atoms with Crippen molar-refractivity contribution in [2.45, 2.75) is 13.0 Å². The smallest absolute Gasteiger partial charge is 0.161 e. The Morgan fingerprint density at radius 2 is 1.90 bits per heavy atom. The highest BCUT2D eigenvalue weighted by atomic mass is 19.1. The summed E-state index contributed by atoms with van der Waals surface area (Å²) in [4.78, 5) is 0. The summed E-state index contributed by atoms with van der Waals surface area (Å²) in [6, 6.07) is 12.1. The van der Waals surface area contributed by atoms with Gasteiger partial charge >= 0.3 is 0 Å². The number of benzene rings is 2. The molecule has 3 nitrogen and oxygen atoms in total. The van der Waals surface area contributed by atoms with Crippen LogP contribution in [-0.4, -0.2) is 13.7 Å². The fourth-order valence-corrected chi connectivity index (χ4v) is 1.94. The van der Waals surface area contributed by atoms with Crippen LogP contribution in [0, 0.1) is 5.82 Å². The molecule has 4 heteroatoms. The minimum absolute atomic E-state index is 0.267. The van der Waals surface area contributed by atoms with Gasteiger partial charge in [0.25, 0.3) is 0 Å². The average molecular weight is 275 g/mol. The van der Waals surface area contributed by atoms with Crippen molar-refractivity contribution in [3.63, 3.8) is 0 Å².